The van der Waals surface area contributed by atoms with Crippen LogP contribution in [0, 0.1) is 13.3 Å². The van der Waals surface area contributed by atoms with E-state index >= 15 is 0 Å². The van der Waals surface area contributed by atoms with E-state index in [9.17, 15) is 30.7 Å². The number of rotatable bonds is 4. The lowest BCUT2D eigenvalue weighted by Gasteiger charge is -2.34. The van der Waals surface area contributed by atoms with E-state index in [4.69, 9.17) is 0 Å². The Morgan fingerprint density at radius 2 is 1.50 bits per heavy atom. The highest BCUT2D eigenvalue weighted by atomic mass is 32.2. The summed E-state index contributed by atoms with van der Waals surface area (Å²) in [6, 6.07) is 7.08. The first-order valence-electron chi connectivity index (χ1n) is 7.54. The molecule has 1 aliphatic carbocycles. The van der Waals surface area contributed by atoms with Gasteiger partial charge in [0.15, 0.2) is 0 Å². The highest BCUT2D eigenvalue weighted by molar-refractivity contribution is 8.04. The highest BCUT2D eigenvalue weighted by Gasteiger charge is 2.73. The highest BCUT2D eigenvalue weighted by Crippen LogP contribution is 2.55. The van der Waals surface area contributed by atoms with E-state index in [0.717, 1.165) is 11.1 Å². The predicted octanol–water partition coefficient (Wildman–Crippen LogP) is 6.82. The first kappa shape index (κ1) is 20.9. The normalized spacial score (nSPS) is 22.1. The lowest BCUT2D eigenvalue weighted by molar-refractivity contribution is -0.330. The molecule has 0 nitrogen and oxygen atoms in total. The average molecular weight is 397 g/mol. The predicted molar refractivity (Wildman–Crippen MR) is 88.2 cm³/mol. The molecular formula is C18H16F7S. The summed E-state index contributed by atoms with van der Waals surface area (Å²) in [5.41, 5.74) is 1.17. The minimum atomic E-state index is -6.34. The molecular weight excluding hydrogens is 381 g/mol. The second kappa shape index (κ2) is 6.62. The Bertz CT molecular complexity index is 746. The topological polar surface area (TPSA) is 0 Å². The van der Waals surface area contributed by atoms with E-state index in [1.165, 1.54) is 12.2 Å². The Morgan fingerprint density at radius 3 is 2.04 bits per heavy atom. The molecule has 0 saturated carbocycles. The van der Waals surface area contributed by atoms with Gasteiger partial charge in [0.2, 0.25) is 0 Å². The summed E-state index contributed by atoms with van der Waals surface area (Å²) < 4.78 is 90.9. The van der Waals surface area contributed by atoms with Crippen LogP contribution in [-0.4, -0.2) is 17.4 Å². The standard InChI is InChI=1S/C18H16F7S/c1-11-8-13(26-18(24,25)16(19,20)17(21,22)23)10-15(3,9-11)14-7-5-4-6-12(14)2/h4-10H,1-3H3. The SMILES string of the molecule is CC1=CC(SC(F)(F)C(F)(F)C(F)(F)F)=CC(C)(c2ccccc2C)[CH]1. The summed E-state index contributed by atoms with van der Waals surface area (Å²) >= 11 is -0.775. The number of alkyl halides is 7. The summed E-state index contributed by atoms with van der Waals surface area (Å²) in [5, 5.41) is -5.34. The Hall–Kier alpha value is -1.44. The molecule has 0 aromatic heterocycles. The Balaban J connectivity index is 2.43. The molecule has 1 unspecified atom stereocenters. The van der Waals surface area contributed by atoms with Crippen LogP contribution in [0.1, 0.15) is 25.0 Å². The molecule has 0 bridgehead atoms. The lowest BCUT2D eigenvalue weighted by Crippen LogP contribution is -2.50. The van der Waals surface area contributed by atoms with E-state index in [1.54, 1.807) is 51.5 Å². The average Bonchev–Trinajstić information content (AvgIpc) is 2.44. The molecule has 0 aliphatic heterocycles. The Morgan fingerprint density at radius 1 is 0.923 bits per heavy atom. The minimum Gasteiger partial charge on any atom is -0.188 e. The summed E-state index contributed by atoms with van der Waals surface area (Å²) in [6.07, 6.45) is -2.14. The zero-order valence-electron chi connectivity index (χ0n) is 14.1. The number of aryl methyl sites for hydroxylation is 1. The molecule has 8 heteroatoms. The van der Waals surface area contributed by atoms with Crippen LogP contribution in [0.25, 0.3) is 0 Å². The van der Waals surface area contributed by atoms with E-state index in [2.05, 4.69) is 0 Å². The van der Waals surface area contributed by atoms with Gasteiger partial charge in [0.25, 0.3) is 0 Å². The third kappa shape index (κ3) is 3.80. The van der Waals surface area contributed by atoms with Crippen molar-refractivity contribution in [2.24, 2.45) is 0 Å². The van der Waals surface area contributed by atoms with Gasteiger partial charge in [0.1, 0.15) is 0 Å². The van der Waals surface area contributed by atoms with Gasteiger partial charge in [-0.05, 0) is 42.8 Å². The summed E-state index contributed by atoms with van der Waals surface area (Å²) in [7, 11) is 0. The molecule has 0 heterocycles. The fraction of sp³-hybridized carbons (Fsp3) is 0.389. The molecule has 0 amide bonds. The molecule has 143 valence electrons. The largest absolute Gasteiger partial charge is 0.460 e. The summed E-state index contributed by atoms with van der Waals surface area (Å²) in [6.45, 7) is 5.06. The van der Waals surface area contributed by atoms with Crippen LogP contribution in [0.3, 0.4) is 0 Å². The molecule has 1 atom stereocenters. The van der Waals surface area contributed by atoms with Crippen LogP contribution in [0.15, 0.2) is 46.9 Å². The molecule has 1 radical (unpaired) electrons. The van der Waals surface area contributed by atoms with Crippen molar-refractivity contribution in [1.29, 1.82) is 0 Å². The quantitative estimate of drug-likeness (QED) is 0.502. The molecule has 0 N–H and O–H groups in total. The van der Waals surface area contributed by atoms with Crippen LogP contribution in [0.5, 0.6) is 0 Å². The van der Waals surface area contributed by atoms with E-state index in [-0.39, 0.29) is 4.91 Å². The van der Waals surface area contributed by atoms with Crippen molar-refractivity contribution in [3.63, 3.8) is 0 Å². The Kier molecular flexibility index (Phi) is 5.31. The zero-order valence-corrected chi connectivity index (χ0v) is 14.9. The molecule has 0 saturated heterocycles. The van der Waals surface area contributed by atoms with Crippen LogP contribution in [0.2, 0.25) is 0 Å². The third-order valence-corrected chi connectivity index (χ3v) is 5.02. The number of hydrogen-bond donors (Lipinski definition) is 0. The van der Waals surface area contributed by atoms with Crippen LogP contribution in [0.4, 0.5) is 30.7 Å². The van der Waals surface area contributed by atoms with Crippen molar-refractivity contribution in [2.45, 2.75) is 43.5 Å². The maximum atomic E-state index is 13.8. The van der Waals surface area contributed by atoms with Gasteiger partial charge >= 0.3 is 17.4 Å². The fourth-order valence-electron chi connectivity index (χ4n) is 2.89. The van der Waals surface area contributed by atoms with E-state index in [1.807, 2.05) is 0 Å². The third-order valence-electron chi connectivity index (χ3n) is 4.03. The maximum absolute atomic E-state index is 13.8. The van der Waals surface area contributed by atoms with Crippen molar-refractivity contribution in [3.05, 3.63) is 64.4 Å². The van der Waals surface area contributed by atoms with Crippen molar-refractivity contribution in [2.75, 3.05) is 0 Å². The number of benzene rings is 1. The second-order valence-corrected chi connectivity index (χ2v) is 7.56. The van der Waals surface area contributed by atoms with Crippen LogP contribution >= 0.6 is 11.8 Å². The van der Waals surface area contributed by atoms with Gasteiger partial charge in [0, 0.05) is 16.7 Å². The first-order chi connectivity index (χ1) is 11.7. The number of thioether (sulfide) groups is 1. The molecule has 2 rings (SSSR count). The molecule has 0 spiro atoms. The maximum Gasteiger partial charge on any atom is 0.460 e. The second-order valence-electron chi connectivity index (χ2n) is 6.37. The number of allylic oxidation sites excluding steroid dienone is 3. The van der Waals surface area contributed by atoms with Gasteiger partial charge in [0.05, 0.1) is 0 Å². The van der Waals surface area contributed by atoms with Gasteiger partial charge < -0.3 is 0 Å². The molecule has 0 fully saturated rings. The zero-order chi connectivity index (χ0) is 20.0. The van der Waals surface area contributed by atoms with Gasteiger partial charge in [-0.3, -0.25) is 0 Å². The van der Waals surface area contributed by atoms with Crippen molar-refractivity contribution in [1.82, 2.24) is 0 Å². The van der Waals surface area contributed by atoms with E-state index in [0.29, 0.717) is 5.57 Å². The Labute approximate surface area is 151 Å². The van der Waals surface area contributed by atoms with Gasteiger partial charge in [-0.1, -0.05) is 42.8 Å². The summed E-state index contributed by atoms with van der Waals surface area (Å²) in [4.78, 5) is -0.343. The number of hydrogen-bond acceptors (Lipinski definition) is 1. The lowest BCUT2D eigenvalue weighted by atomic mass is 9.73. The molecule has 1 aromatic carbocycles. The van der Waals surface area contributed by atoms with Gasteiger partial charge in [-0.15, -0.1) is 0 Å². The molecule has 26 heavy (non-hydrogen) atoms. The molecule has 1 aromatic rings. The first-order valence-corrected chi connectivity index (χ1v) is 8.36. The fourth-order valence-corrected chi connectivity index (χ4v) is 3.98. The summed E-state index contributed by atoms with van der Waals surface area (Å²) in [5.74, 6) is -6.15. The molecule has 1 aliphatic rings. The van der Waals surface area contributed by atoms with Crippen molar-refractivity contribution < 1.29 is 30.7 Å². The van der Waals surface area contributed by atoms with E-state index < -0.39 is 34.5 Å². The smallest absolute Gasteiger partial charge is 0.188 e. The van der Waals surface area contributed by atoms with Gasteiger partial charge in [-0.2, -0.15) is 30.7 Å². The monoisotopic (exact) mass is 397 g/mol. The van der Waals surface area contributed by atoms with Gasteiger partial charge in [-0.25, -0.2) is 0 Å². The minimum absolute atomic E-state index is 0.343. The van der Waals surface area contributed by atoms with Crippen molar-refractivity contribution >= 4 is 11.8 Å². The van der Waals surface area contributed by atoms with Crippen LogP contribution in [-0.2, 0) is 5.41 Å². The van der Waals surface area contributed by atoms with Crippen molar-refractivity contribution in [3.8, 4) is 0 Å². The van der Waals surface area contributed by atoms with Crippen LogP contribution < -0.4 is 0 Å². The number of halogens is 7.